The van der Waals surface area contributed by atoms with Gasteiger partial charge in [0.2, 0.25) is 0 Å². The molecule has 0 radical (unpaired) electrons. The van der Waals surface area contributed by atoms with Crippen LogP contribution in [0.2, 0.25) is 0 Å². The van der Waals surface area contributed by atoms with E-state index in [-0.39, 0.29) is 37.1 Å². The number of unbranched alkanes of at least 4 members (excludes halogenated alkanes) is 10. The summed E-state index contributed by atoms with van der Waals surface area (Å²) >= 11 is 0. The molecular formula is C52H76O11. The molecule has 11 heteroatoms. The van der Waals surface area contributed by atoms with Crippen molar-refractivity contribution in [3.8, 4) is 5.75 Å². The Hall–Kier alpha value is -4.00. The molecule has 2 fully saturated rings. The van der Waals surface area contributed by atoms with Gasteiger partial charge in [0, 0.05) is 26.4 Å². The summed E-state index contributed by atoms with van der Waals surface area (Å²) in [5, 5.41) is 0. The summed E-state index contributed by atoms with van der Waals surface area (Å²) in [5.74, 6) is 0.293. The van der Waals surface area contributed by atoms with E-state index in [1.165, 1.54) is 12.8 Å². The Morgan fingerprint density at radius 2 is 1.30 bits per heavy atom. The van der Waals surface area contributed by atoms with Crippen LogP contribution in [0.25, 0.3) is 0 Å². The molecule has 0 saturated carbocycles. The minimum atomic E-state index is -0.597. The van der Waals surface area contributed by atoms with Crippen LogP contribution in [0.1, 0.15) is 146 Å². The highest BCUT2D eigenvalue weighted by Gasteiger charge is 2.24. The van der Waals surface area contributed by atoms with Gasteiger partial charge in [-0.2, -0.15) is 0 Å². The van der Waals surface area contributed by atoms with E-state index in [1.807, 2.05) is 25.2 Å². The van der Waals surface area contributed by atoms with Gasteiger partial charge in [0.25, 0.3) is 0 Å². The van der Waals surface area contributed by atoms with E-state index in [1.54, 1.807) is 48.6 Å². The quantitative estimate of drug-likeness (QED) is 0.0298. The van der Waals surface area contributed by atoms with Crippen LogP contribution in [0, 0.1) is 0 Å². The van der Waals surface area contributed by atoms with E-state index in [0.717, 1.165) is 141 Å². The second-order valence-electron chi connectivity index (χ2n) is 16.4. The number of benzene rings is 1. The summed E-state index contributed by atoms with van der Waals surface area (Å²) in [5.41, 5.74) is 1.41. The molecule has 0 bridgehead atoms. The van der Waals surface area contributed by atoms with Gasteiger partial charge in [-0.1, -0.05) is 70.3 Å². The molecule has 3 aliphatic rings. The Labute approximate surface area is 377 Å². The number of hydrogen-bond donors (Lipinski definition) is 0. The number of esters is 2. The molecule has 3 atom stereocenters. The second kappa shape index (κ2) is 32.6. The molecule has 2 heterocycles. The predicted octanol–water partition coefficient (Wildman–Crippen LogP) is 11.7. The standard InChI is InChI=1S/C52H76O11/c1-4-6-7-8-19-39-61-52(54)47-40-46(62-41-42(3)27-30-44(5-2)55-33-15-9-11-17-35-57-49-25-13-20-37-59-49)23-22-24-48(47)63-51(53)43-28-31-45(32-29-43)56-34-16-10-12-18-36-58-50-26-14-21-38-60-50/h5,22-24,27-32,40,46,49-50H,2,4,6-21,25-26,33-39,41H2,1,3H3/b42-27+,44-30+. The van der Waals surface area contributed by atoms with Crippen molar-refractivity contribution >= 4 is 11.9 Å². The van der Waals surface area contributed by atoms with Gasteiger partial charge in [-0.25, -0.2) is 9.59 Å². The molecule has 2 aliphatic heterocycles. The monoisotopic (exact) mass is 877 g/mol. The lowest BCUT2D eigenvalue weighted by Crippen LogP contribution is -2.22. The summed E-state index contributed by atoms with van der Waals surface area (Å²) in [7, 11) is 0. The fourth-order valence-electron chi connectivity index (χ4n) is 7.09. The lowest BCUT2D eigenvalue weighted by molar-refractivity contribution is -0.163. The van der Waals surface area contributed by atoms with Crippen molar-refractivity contribution in [3.05, 3.63) is 102 Å². The van der Waals surface area contributed by atoms with Crippen molar-refractivity contribution in [3.63, 3.8) is 0 Å². The fourth-order valence-corrected chi connectivity index (χ4v) is 7.09. The van der Waals surface area contributed by atoms with E-state index < -0.39 is 18.0 Å². The van der Waals surface area contributed by atoms with Crippen LogP contribution in [0.3, 0.4) is 0 Å². The largest absolute Gasteiger partial charge is 0.494 e. The number of hydrogen-bond acceptors (Lipinski definition) is 11. The average Bonchev–Trinajstić information content (AvgIpc) is 3.52. The molecule has 63 heavy (non-hydrogen) atoms. The minimum absolute atomic E-state index is 0.0248. The summed E-state index contributed by atoms with van der Waals surface area (Å²) in [4.78, 5) is 26.9. The smallest absolute Gasteiger partial charge is 0.343 e. The third-order valence-corrected chi connectivity index (χ3v) is 10.9. The summed E-state index contributed by atoms with van der Waals surface area (Å²) in [6, 6.07) is 6.84. The van der Waals surface area contributed by atoms with E-state index >= 15 is 0 Å². The van der Waals surface area contributed by atoms with Crippen molar-refractivity contribution in [2.45, 2.75) is 155 Å². The molecule has 4 rings (SSSR count). The average molecular weight is 877 g/mol. The van der Waals surface area contributed by atoms with Crippen LogP contribution < -0.4 is 4.74 Å². The first kappa shape index (κ1) is 51.6. The van der Waals surface area contributed by atoms with Crippen LogP contribution in [0.4, 0.5) is 0 Å². The SMILES string of the molecule is C=C/C(=C\C=C(/C)COC1C=CC=C(OC(=O)c2ccc(OCCCCCCOC3CCCCO3)cc2)C(C(=O)OCCCCCCC)=C1)OCCCCCCOC1CCCCO1. The number of ether oxygens (including phenoxy) is 9. The molecule has 0 amide bonds. The summed E-state index contributed by atoms with van der Waals surface area (Å²) in [6.45, 7) is 12.8. The molecule has 3 unspecified atom stereocenters. The summed E-state index contributed by atoms with van der Waals surface area (Å²) < 4.78 is 52.5. The van der Waals surface area contributed by atoms with Gasteiger partial charge in [0.1, 0.15) is 22.8 Å². The lowest BCUT2D eigenvalue weighted by Gasteiger charge is -2.22. The molecule has 350 valence electrons. The van der Waals surface area contributed by atoms with Crippen molar-refractivity contribution in [2.75, 3.05) is 52.9 Å². The Morgan fingerprint density at radius 1 is 0.698 bits per heavy atom. The Bertz CT molecular complexity index is 1600. The molecule has 1 aliphatic carbocycles. The van der Waals surface area contributed by atoms with Crippen LogP contribution >= 0.6 is 0 Å². The molecule has 1 aromatic carbocycles. The van der Waals surface area contributed by atoms with Crippen LogP contribution in [0.5, 0.6) is 5.75 Å². The van der Waals surface area contributed by atoms with Gasteiger partial charge in [0.05, 0.1) is 38.1 Å². The molecule has 1 aromatic rings. The van der Waals surface area contributed by atoms with Gasteiger partial charge in [-0.15, -0.1) is 0 Å². The van der Waals surface area contributed by atoms with E-state index in [4.69, 9.17) is 42.6 Å². The number of allylic oxidation sites excluding steroid dienone is 5. The van der Waals surface area contributed by atoms with Crippen LogP contribution in [-0.2, 0) is 42.7 Å². The zero-order valence-electron chi connectivity index (χ0n) is 38.4. The Morgan fingerprint density at radius 3 is 1.90 bits per heavy atom. The Balaban J connectivity index is 1.22. The predicted molar refractivity (Wildman–Crippen MR) is 246 cm³/mol. The van der Waals surface area contributed by atoms with Gasteiger partial charge < -0.3 is 42.6 Å². The molecule has 0 spiro atoms. The molecular weight excluding hydrogens is 801 g/mol. The van der Waals surface area contributed by atoms with Gasteiger partial charge >= 0.3 is 11.9 Å². The molecule has 0 aromatic heterocycles. The highest BCUT2D eigenvalue weighted by molar-refractivity contribution is 5.96. The van der Waals surface area contributed by atoms with Crippen molar-refractivity contribution in [1.29, 1.82) is 0 Å². The van der Waals surface area contributed by atoms with Crippen molar-refractivity contribution < 1.29 is 52.2 Å². The van der Waals surface area contributed by atoms with Crippen LogP contribution in [0.15, 0.2) is 96.0 Å². The van der Waals surface area contributed by atoms with E-state index in [2.05, 4.69) is 13.5 Å². The molecule has 11 nitrogen and oxygen atoms in total. The minimum Gasteiger partial charge on any atom is -0.494 e. The van der Waals surface area contributed by atoms with E-state index in [9.17, 15) is 9.59 Å². The van der Waals surface area contributed by atoms with E-state index in [0.29, 0.717) is 30.3 Å². The first-order chi connectivity index (χ1) is 30.9. The topological polar surface area (TPSA) is 117 Å². The number of carbonyl (C=O) groups is 2. The van der Waals surface area contributed by atoms with Crippen molar-refractivity contribution in [1.82, 2.24) is 0 Å². The highest BCUT2D eigenvalue weighted by atomic mass is 16.7. The summed E-state index contributed by atoms with van der Waals surface area (Å²) in [6.07, 6.45) is 31.5. The number of carbonyl (C=O) groups excluding carboxylic acids is 2. The number of rotatable bonds is 32. The highest BCUT2D eigenvalue weighted by Crippen LogP contribution is 2.23. The van der Waals surface area contributed by atoms with Gasteiger partial charge in [-0.3, -0.25) is 0 Å². The third-order valence-electron chi connectivity index (χ3n) is 10.9. The maximum atomic E-state index is 13.5. The van der Waals surface area contributed by atoms with Crippen molar-refractivity contribution in [2.24, 2.45) is 0 Å². The first-order valence-corrected chi connectivity index (χ1v) is 23.9. The molecule has 0 N–H and O–H groups in total. The maximum absolute atomic E-state index is 13.5. The molecule has 2 saturated heterocycles. The second-order valence-corrected chi connectivity index (χ2v) is 16.4. The Kier molecular flexibility index (Phi) is 26.7. The zero-order chi connectivity index (χ0) is 44.6. The van der Waals surface area contributed by atoms with Gasteiger partial charge in [0.15, 0.2) is 12.6 Å². The van der Waals surface area contributed by atoms with Crippen LogP contribution in [-0.4, -0.2) is 83.5 Å². The maximum Gasteiger partial charge on any atom is 0.343 e. The first-order valence-electron chi connectivity index (χ1n) is 23.9. The lowest BCUT2D eigenvalue weighted by atomic mass is 10.1. The zero-order valence-corrected chi connectivity index (χ0v) is 38.4. The fraction of sp³-hybridized carbons (Fsp3) is 0.615. The third kappa shape index (κ3) is 22.5. The normalized spacial score (nSPS) is 19.4. The van der Waals surface area contributed by atoms with Gasteiger partial charge in [-0.05, 0) is 145 Å².